The molecule has 2 rings (SSSR count). The number of aliphatic hydroxyl groups excluding tert-OH is 1. The maximum Gasteiger partial charge on any atom is 0.135 e. The minimum Gasteiger partial charge on any atom is -0.491 e. The first-order valence-electron chi connectivity index (χ1n) is 5.75. The van der Waals surface area contributed by atoms with Crippen LogP contribution in [0.25, 0.3) is 0 Å². The van der Waals surface area contributed by atoms with E-state index in [4.69, 9.17) is 30.9 Å². The van der Waals surface area contributed by atoms with E-state index in [1.165, 1.54) is 0 Å². The van der Waals surface area contributed by atoms with E-state index in [-0.39, 0.29) is 13.2 Å². The van der Waals surface area contributed by atoms with Crippen molar-refractivity contribution in [1.29, 1.82) is 0 Å². The number of aliphatic hydroxyl groups is 1. The molecule has 100 valence electrons. The average Bonchev–Trinajstić information content (AvgIpc) is 2.85. The van der Waals surface area contributed by atoms with Gasteiger partial charge in [0.05, 0.1) is 18.9 Å². The van der Waals surface area contributed by atoms with E-state index in [9.17, 15) is 0 Å². The summed E-state index contributed by atoms with van der Waals surface area (Å²) in [7, 11) is 1.63. The zero-order valence-electron chi connectivity index (χ0n) is 10.2. The standard InChI is InChI=1S/C12H16ClNO4/c1-16-12(2-4-17-8-12)10-6-9(18-5-3-15)7-11(13)14-10/h6-7,15H,2-5,8H2,1H3. The van der Waals surface area contributed by atoms with Gasteiger partial charge in [-0.15, -0.1) is 0 Å². The molecular weight excluding hydrogens is 258 g/mol. The fourth-order valence-corrected chi connectivity index (χ4v) is 2.17. The lowest BCUT2D eigenvalue weighted by Gasteiger charge is -2.25. The molecule has 1 aliphatic rings. The summed E-state index contributed by atoms with van der Waals surface area (Å²) in [5.41, 5.74) is 0.144. The summed E-state index contributed by atoms with van der Waals surface area (Å²) in [6.45, 7) is 1.26. The summed E-state index contributed by atoms with van der Waals surface area (Å²) in [6.07, 6.45) is 0.732. The van der Waals surface area contributed by atoms with Crippen LogP contribution in [0.15, 0.2) is 12.1 Å². The maximum absolute atomic E-state index is 8.76. The van der Waals surface area contributed by atoms with Crippen LogP contribution in [0.4, 0.5) is 0 Å². The van der Waals surface area contributed by atoms with Crippen molar-refractivity contribution in [1.82, 2.24) is 4.98 Å². The highest BCUT2D eigenvalue weighted by atomic mass is 35.5. The minimum absolute atomic E-state index is 0.0478. The number of pyridine rings is 1. The lowest BCUT2D eigenvalue weighted by molar-refractivity contribution is -0.0247. The first kappa shape index (κ1) is 13.5. The van der Waals surface area contributed by atoms with E-state index in [1.807, 2.05) is 0 Å². The molecule has 0 aliphatic carbocycles. The Hall–Kier alpha value is -0.880. The molecule has 0 radical (unpaired) electrons. The van der Waals surface area contributed by atoms with Crippen molar-refractivity contribution in [2.75, 3.05) is 33.5 Å². The van der Waals surface area contributed by atoms with E-state index in [0.29, 0.717) is 29.8 Å². The highest BCUT2D eigenvalue weighted by molar-refractivity contribution is 6.29. The van der Waals surface area contributed by atoms with Crippen molar-refractivity contribution in [3.8, 4) is 5.75 Å². The van der Waals surface area contributed by atoms with Gasteiger partial charge >= 0.3 is 0 Å². The Balaban J connectivity index is 2.28. The van der Waals surface area contributed by atoms with Crippen molar-refractivity contribution in [3.63, 3.8) is 0 Å². The molecule has 0 saturated carbocycles. The predicted molar refractivity (Wildman–Crippen MR) is 66.0 cm³/mol. The highest BCUT2D eigenvalue weighted by Crippen LogP contribution is 2.35. The number of rotatable bonds is 5. The van der Waals surface area contributed by atoms with E-state index >= 15 is 0 Å². The third kappa shape index (κ3) is 2.75. The summed E-state index contributed by atoms with van der Waals surface area (Å²) >= 11 is 5.98. The molecule has 1 aromatic rings. The zero-order valence-corrected chi connectivity index (χ0v) is 10.9. The molecule has 1 aliphatic heterocycles. The number of methoxy groups -OCH3 is 1. The largest absolute Gasteiger partial charge is 0.491 e. The Labute approximate surface area is 111 Å². The van der Waals surface area contributed by atoms with Gasteiger partial charge in [0.2, 0.25) is 0 Å². The quantitative estimate of drug-likeness (QED) is 0.821. The fourth-order valence-electron chi connectivity index (χ4n) is 1.97. The van der Waals surface area contributed by atoms with Crippen LogP contribution in [0.3, 0.4) is 0 Å². The van der Waals surface area contributed by atoms with Gasteiger partial charge in [-0.25, -0.2) is 4.98 Å². The monoisotopic (exact) mass is 273 g/mol. The van der Waals surface area contributed by atoms with Gasteiger partial charge in [0.15, 0.2) is 0 Å². The number of halogens is 1. The van der Waals surface area contributed by atoms with Crippen LogP contribution in [0.1, 0.15) is 12.1 Å². The lowest BCUT2D eigenvalue weighted by Crippen LogP contribution is -2.30. The average molecular weight is 274 g/mol. The molecule has 0 aromatic carbocycles. The summed E-state index contributed by atoms with van der Waals surface area (Å²) in [6, 6.07) is 3.39. The number of hydrogen-bond donors (Lipinski definition) is 1. The molecule has 0 bridgehead atoms. The summed E-state index contributed by atoms with van der Waals surface area (Å²) < 4.78 is 16.3. The molecule has 1 N–H and O–H groups in total. The van der Waals surface area contributed by atoms with Crippen LogP contribution in [-0.4, -0.2) is 43.6 Å². The molecule has 1 aromatic heterocycles. The lowest BCUT2D eigenvalue weighted by atomic mass is 9.98. The van der Waals surface area contributed by atoms with Gasteiger partial charge < -0.3 is 19.3 Å². The molecule has 2 heterocycles. The van der Waals surface area contributed by atoms with Crippen LogP contribution in [0.2, 0.25) is 5.15 Å². The van der Waals surface area contributed by atoms with E-state index in [2.05, 4.69) is 4.98 Å². The molecule has 1 saturated heterocycles. The Bertz CT molecular complexity index is 407. The molecule has 6 heteroatoms. The predicted octanol–water partition coefficient (Wildman–Crippen LogP) is 1.37. The van der Waals surface area contributed by atoms with E-state index < -0.39 is 5.60 Å². The second-order valence-corrected chi connectivity index (χ2v) is 4.47. The van der Waals surface area contributed by atoms with Crippen LogP contribution < -0.4 is 4.74 Å². The normalized spacial score (nSPS) is 23.3. The van der Waals surface area contributed by atoms with E-state index in [0.717, 1.165) is 6.42 Å². The fraction of sp³-hybridized carbons (Fsp3) is 0.583. The Morgan fingerprint density at radius 1 is 1.56 bits per heavy atom. The Morgan fingerprint density at radius 2 is 2.39 bits per heavy atom. The smallest absolute Gasteiger partial charge is 0.135 e. The molecule has 0 spiro atoms. The Kier molecular flexibility index (Phi) is 4.40. The van der Waals surface area contributed by atoms with Crippen LogP contribution >= 0.6 is 11.6 Å². The first-order chi connectivity index (χ1) is 8.70. The number of nitrogens with zero attached hydrogens (tertiary/aromatic N) is 1. The highest BCUT2D eigenvalue weighted by Gasteiger charge is 2.38. The third-order valence-electron chi connectivity index (χ3n) is 2.97. The number of hydrogen-bond acceptors (Lipinski definition) is 5. The van der Waals surface area contributed by atoms with Crippen molar-refractivity contribution < 1.29 is 19.3 Å². The summed E-state index contributed by atoms with van der Waals surface area (Å²) in [4.78, 5) is 4.28. The molecule has 1 unspecified atom stereocenters. The second kappa shape index (κ2) is 5.84. The van der Waals surface area contributed by atoms with Gasteiger partial charge in [-0.1, -0.05) is 11.6 Å². The van der Waals surface area contributed by atoms with Crippen molar-refractivity contribution in [2.45, 2.75) is 12.0 Å². The molecule has 0 amide bonds. The Morgan fingerprint density at radius 3 is 3.00 bits per heavy atom. The summed E-state index contributed by atoms with van der Waals surface area (Å²) in [5, 5.41) is 9.09. The van der Waals surface area contributed by atoms with Crippen LogP contribution in [0, 0.1) is 0 Å². The van der Waals surface area contributed by atoms with Crippen molar-refractivity contribution >= 4 is 11.6 Å². The van der Waals surface area contributed by atoms with Gasteiger partial charge in [-0.3, -0.25) is 0 Å². The molecule has 5 nitrogen and oxygen atoms in total. The topological polar surface area (TPSA) is 60.8 Å². The van der Waals surface area contributed by atoms with Gasteiger partial charge in [-0.05, 0) is 0 Å². The van der Waals surface area contributed by atoms with Gasteiger partial charge in [0.1, 0.15) is 23.1 Å². The summed E-state index contributed by atoms with van der Waals surface area (Å²) in [5.74, 6) is 0.572. The number of aromatic nitrogens is 1. The minimum atomic E-state index is -0.553. The number of ether oxygens (including phenoxy) is 3. The van der Waals surface area contributed by atoms with Gasteiger partial charge in [-0.2, -0.15) is 0 Å². The second-order valence-electron chi connectivity index (χ2n) is 4.08. The molecule has 18 heavy (non-hydrogen) atoms. The third-order valence-corrected chi connectivity index (χ3v) is 3.16. The van der Waals surface area contributed by atoms with Crippen LogP contribution in [-0.2, 0) is 15.1 Å². The molecule has 1 atom stereocenters. The molecule has 1 fully saturated rings. The van der Waals surface area contributed by atoms with E-state index in [1.54, 1.807) is 19.2 Å². The van der Waals surface area contributed by atoms with Gasteiger partial charge in [0, 0.05) is 32.3 Å². The first-order valence-corrected chi connectivity index (χ1v) is 6.12. The SMILES string of the molecule is COC1(c2cc(OCCO)cc(Cl)n2)CCOC1. The van der Waals surface area contributed by atoms with Crippen molar-refractivity contribution in [3.05, 3.63) is 23.0 Å². The molecular formula is C12H16ClNO4. The van der Waals surface area contributed by atoms with Gasteiger partial charge in [0.25, 0.3) is 0 Å². The van der Waals surface area contributed by atoms with Crippen molar-refractivity contribution in [2.24, 2.45) is 0 Å². The zero-order chi connectivity index (χ0) is 13.0. The van der Waals surface area contributed by atoms with Crippen LogP contribution in [0.5, 0.6) is 5.75 Å². The maximum atomic E-state index is 8.76.